The molecule has 0 bridgehead atoms. The van der Waals surface area contributed by atoms with E-state index >= 15 is 0 Å². The lowest BCUT2D eigenvalue weighted by atomic mass is 10.2. The van der Waals surface area contributed by atoms with Gasteiger partial charge in [-0.2, -0.15) is 4.98 Å². The van der Waals surface area contributed by atoms with E-state index in [0.29, 0.717) is 0 Å². The lowest BCUT2D eigenvalue weighted by Gasteiger charge is -2.34. The minimum absolute atomic E-state index is 0.274. The molecular formula is C13H23N3O2. The smallest absolute Gasteiger partial charge is 0.240 e. The Bertz CT molecular complexity index is 357. The molecule has 0 aliphatic carbocycles. The van der Waals surface area contributed by atoms with Crippen molar-refractivity contribution in [3.8, 4) is 0 Å². The van der Waals surface area contributed by atoms with Crippen molar-refractivity contribution in [2.24, 2.45) is 0 Å². The highest BCUT2D eigenvalue weighted by Gasteiger charge is 2.23. The second-order valence-electron chi connectivity index (χ2n) is 5.16. The van der Waals surface area contributed by atoms with Crippen LogP contribution in [0, 0.1) is 0 Å². The highest BCUT2D eigenvalue weighted by Crippen LogP contribution is 2.13. The monoisotopic (exact) mass is 253 g/mol. The highest BCUT2D eigenvalue weighted by molar-refractivity contribution is 4.87. The maximum Gasteiger partial charge on any atom is 0.240 e. The number of aromatic nitrogens is 2. The number of hydrogen-bond donors (Lipinski definition) is 0. The molecule has 2 heterocycles. The first kappa shape index (κ1) is 13.5. The zero-order valence-corrected chi connectivity index (χ0v) is 11.6. The Hall–Kier alpha value is -0.940. The molecule has 1 aliphatic heterocycles. The third-order valence-electron chi connectivity index (χ3n) is 3.12. The normalized spacial score (nSPS) is 25.5. The van der Waals surface area contributed by atoms with Gasteiger partial charge in [-0.25, -0.2) is 0 Å². The second-order valence-corrected chi connectivity index (χ2v) is 5.16. The predicted octanol–water partition coefficient (Wildman–Crippen LogP) is 2.02. The molecule has 0 radical (unpaired) electrons. The number of unbranched alkanes of at least 4 members (excludes halogenated alkanes) is 1. The van der Waals surface area contributed by atoms with Crippen molar-refractivity contribution in [1.82, 2.24) is 15.0 Å². The van der Waals surface area contributed by atoms with Crippen molar-refractivity contribution < 1.29 is 9.26 Å². The lowest BCUT2D eigenvalue weighted by molar-refractivity contribution is -0.0725. The maximum absolute atomic E-state index is 5.70. The third-order valence-corrected chi connectivity index (χ3v) is 3.12. The quantitative estimate of drug-likeness (QED) is 0.803. The van der Waals surface area contributed by atoms with Crippen LogP contribution in [0.5, 0.6) is 0 Å². The number of aryl methyl sites for hydroxylation is 1. The van der Waals surface area contributed by atoms with Gasteiger partial charge in [-0.05, 0) is 20.3 Å². The Morgan fingerprint density at radius 3 is 2.67 bits per heavy atom. The third kappa shape index (κ3) is 3.78. The van der Waals surface area contributed by atoms with Crippen LogP contribution in [0.15, 0.2) is 4.52 Å². The molecule has 1 aromatic heterocycles. The molecule has 0 aromatic carbocycles. The van der Waals surface area contributed by atoms with Crippen molar-refractivity contribution in [2.45, 2.75) is 58.8 Å². The van der Waals surface area contributed by atoms with Gasteiger partial charge < -0.3 is 9.26 Å². The van der Waals surface area contributed by atoms with Gasteiger partial charge in [0, 0.05) is 19.5 Å². The van der Waals surface area contributed by atoms with E-state index in [1.807, 2.05) is 0 Å². The summed E-state index contributed by atoms with van der Waals surface area (Å²) in [5.74, 6) is 1.56. The van der Waals surface area contributed by atoms with E-state index in [-0.39, 0.29) is 12.2 Å². The van der Waals surface area contributed by atoms with E-state index in [4.69, 9.17) is 9.26 Å². The molecule has 1 aliphatic rings. The molecule has 2 atom stereocenters. The van der Waals surface area contributed by atoms with Gasteiger partial charge in [-0.3, -0.25) is 4.90 Å². The largest absolute Gasteiger partial charge is 0.373 e. The summed E-state index contributed by atoms with van der Waals surface area (Å²) in [6, 6.07) is 0. The fourth-order valence-corrected chi connectivity index (χ4v) is 2.40. The summed E-state index contributed by atoms with van der Waals surface area (Å²) in [6.45, 7) is 8.95. The Kier molecular flexibility index (Phi) is 4.72. The standard InChI is InChI=1S/C13H23N3O2/c1-4-5-6-12-14-13(18-15-12)9-16-7-10(2)17-11(3)8-16/h10-11H,4-9H2,1-3H3/t10-,11+. The second kappa shape index (κ2) is 6.29. The van der Waals surface area contributed by atoms with Gasteiger partial charge >= 0.3 is 0 Å². The van der Waals surface area contributed by atoms with E-state index in [9.17, 15) is 0 Å². The summed E-state index contributed by atoms with van der Waals surface area (Å²) in [7, 11) is 0. The summed E-state index contributed by atoms with van der Waals surface area (Å²) >= 11 is 0. The first-order chi connectivity index (χ1) is 8.67. The Morgan fingerprint density at radius 2 is 2.00 bits per heavy atom. The van der Waals surface area contributed by atoms with Crippen molar-refractivity contribution in [3.63, 3.8) is 0 Å². The fraction of sp³-hybridized carbons (Fsp3) is 0.846. The summed E-state index contributed by atoms with van der Waals surface area (Å²) in [6.07, 6.45) is 3.73. The van der Waals surface area contributed by atoms with Crippen LogP contribution in [0.25, 0.3) is 0 Å². The molecule has 1 saturated heterocycles. The molecule has 2 rings (SSSR count). The first-order valence-corrected chi connectivity index (χ1v) is 6.86. The summed E-state index contributed by atoms with van der Waals surface area (Å²) in [5, 5.41) is 4.01. The average molecular weight is 253 g/mol. The van der Waals surface area contributed by atoms with Crippen molar-refractivity contribution >= 4 is 0 Å². The SMILES string of the molecule is CCCCc1noc(CN2C[C@@H](C)O[C@@H](C)C2)n1. The molecule has 0 amide bonds. The first-order valence-electron chi connectivity index (χ1n) is 6.86. The molecule has 1 aromatic rings. The van der Waals surface area contributed by atoms with Gasteiger partial charge in [0.2, 0.25) is 5.89 Å². The van der Waals surface area contributed by atoms with Crippen LogP contribution in [0.1, 0.15) is 45.3 Å². The van der Waals surface area contributed by atoms with Crippen LogP contribution < -0.4 is 0 Å². The van der Waals surface area contributed by atoms with Gasteiger partial charge in [0.1, 0.15) is 0 Å². The number of ether oxygens (including phenoxy) is 1. The van der Waals surface area contributed by atoms with E-state index in [2.05, 4.69) is 35.8 Å². The van der Waals surface area contributed by atoms with E-state index < -0.39 is 0 Å². The summed E-state index contributed by atoms with van der Waals surface area (Å²) in [4.78, 5) is 6.75. The summed E-state index contributed by atoms with van der Waals surface area (Å²) in [5.41, 5.74) is 0. The maximum atomic E-state index is 5.70. The lowest BCUT2D eigenvalue weighted by Crippen LogP contribution is -2.44. The average Bonchev–Trinajstić information content (AvgIpc) is 2.72. The van der Waals surface area contributed by atoms with Crippen molar-refractivity contribution in [2.75, 3.05) is 13.1 Å². The molecule has 0 unspecified atom stereocenters. The molecule has 1 fully saturated rings. The van der Waals surface area contributed by atoms with E-state index in [0.717, 1.165) is 50.6 Å². The highest BCUT2D eigenvalue weighted by atomic mass is 16.5. The summed E-state index contributed by atoms with van der Waals surface area (Å²) < 4.78 is 11.0. The predicted molar refractivity (Wildman–Crippen MR) is 68.2 cm³/mol. The molecule has 18 heavy (non-hydrogen) atoms. The van der Waals surface area contributed by atoms with Crippen LogP contribution in [0.2, 0.25) is 0 Å². The Morgan fingerprint density at radius 1 is 1.28 bits per heavy atom. The van der Waals surface area contributed by atoms with Crippen molar-refractivity contribution in [3.05, 3.63) is 11.7 Å². The molecular weight excluding hydrogens is 230 g/mol. The topological polar surface area (TPSA) is 51.4 Å². The molecule has 0 spiro atoms. The molecule has 5 heteroatoms. The van der Waals surface area contributed by atoms with Gasteiger partial charge in [0.05, 0.1) is 18.8 Å². The molecule has 5 nitrogen and oxygen atoms in total. The minimum atomic E-state index is 0.274. The van der Waals surface area contributed by atoms with Crippen LogP contribution in [-0.2, 0) is 17.7 Å². The number of hydrogen-bond acceptors (Lipinski definition) is 5. The minimum Gasteiger partial charge on any atom is -0.373 e. The fourth-order valence-electron chi connectivity index (χ4n) is 2.40. The van der Waals surface area contributed by atoms with Crippen molar-refractivity contribution in [1.29, 1.82) is 0 Å². The van der Waals surface area contributed by atoms with Gasteiger partial charge in [-0.1, -0.05) is 18.5 Å². The Labute approximate surface area is 108 Å². The molecule has 0 saturated carbocycles. The number of morpholine rings is 1. The molecule has 0 N–H and O–H groups in total. The van der Waals surface area contributed by atoms with E-state index in [1.165, 1.54) is 0 Å². The van der Waals surface area contributed by atoms with Crippen LogP contribution in [0.3, 0.4) is 0 Å². The number of rotatable bonds is 5. The molecule has 102 valence electrons. The van der Waals surface area contributed by atoms with Gasteiger partial charge in [-0.15, -0.1) is 0 Å². The van der Waals surface area contributed by atoms with Gasteiger partial charge in [0.15, 0.2) is 5.82 Å². The zero-order chi connectivity index (χ0) is 13.0. The van der Waals surface area contributed by atoms with Crippen LogP contribution >= 0.6 is 0 Å². The zero-order valence-electron chi connectivity index (χ0n) is 11.6. The Balaban J connectivity index is 1.86. The van der Waals surface area contributed by atoms with Crippen LogP contribution in [0.4, 0.5) is 0 Å². The van der Waals surface area contributed by atoms with Crippen LogP contribution in [-0.4, -0.2) is 40.3 Å². The van der Waals surface area contributed by atoms with Gasteiger partial charge in [0.25, 0.3) is 0 Å². The number of nitrogens with zero attached hydrogens (tertiary/aromatic N) is 3. The van der Waals surface area contributed by atoms with E-state index in [1.54, 1.807) is 0 Å².